The molecule has 0 aromatic carbocycles. The Morgan fingerprint density at radius 2 is 2.04 bits per heavy atom. The minimum absolute atomic E-state index is 0. The molecule has 2 bridgehead atoms. The first-order valence-corrected chi connectivity index (χ1v) is 8.96. The van der Waals surface area contributed by atoms with Crippen molar-refractivity contribution in [3.63, 3.8) is 0 Å². The summed E-state index contributed by atoms with van der Waals surface area (Å²) in [7, 11) is 0. The second-order valence-electron chi connectivity index (χ2n) is 6.58. The highest BCUT2D eigenvalue weighted by Gasteiger charge is 2.40. The number of amides is 1. The minimum Gasteiger partial charge on any atom is -0.462 e. The van der Waals surface area contributed by atoms with Gasteiger partial charge < -0.3 is 15.5 Å². The van der Waals surface area contributed by atoms with Gasteiger partial charge in [0.05, 0.1) is 6.26 Å². The van der Waals surface area contributed by atoms with Crippen LogP contribution in [0.3, 0.4) is 0 Å². The molecular formula is C16H21ClN4O2S. The molecular weight excluding hydrogens is 348 g/mol. The highest BCUT2D eigenvalue weighted by molar-refractivity contribution is 7.18. The number of hydrogen-bond donors (Lipinski definition) is 2. The zero-order valence-corrected chi connectivity index (χ0v) is 14.8. The van der Waals surface area contributed by atoms with E-state index in [0.29, 0.717) is 27.7 Å². The van der Waals surface area contributed by atoms with Crippen LogP contribution in [0.1, 0.15) is 32.1 Å². The van der Waals surface area contributed by atoms with E-state index in [4.69, 9.17) is 10.2 Å². The summed E-state index contributed by atoms with van der Waals surface area (Å²) in [5.41, 5.74) is 6.29. The van der Waals surface area contributed by atoms with Crippen LogP contribution in [-0.2, 0) is 4.79 Å². The first kappa shape index (κ1) is 17.4. The largest absolute Gasteiger partial charge is 0.462 e. The second-order valence-corrected chi connectivity index (χ2v) is 7.55. The SMILES string of the molecule is Cl.NC1C2CCCC1CC(C(=O)Nc1nnc(-c3ccco3)s1)C2. The number of fused-ring (bicyclic) bond motifs is 2. The average molecular weight is 369 g/mol. The first-order valence-electron chi connectivity index (χ1n) is 8.14. The lowest BCUT2D eigenvalue weighted by Gasteiger charge is -2.43. The first-order chi connectivity index (χ1) is 11.2. The molecule has 2 saturated carbocycles. The Balaban J connectivity index is 0.00000169. The summed E-state index contributed by atoms with van der Waals surface area (Å²) >= 11 is 1.33. The number of hydrogen-bond acceptors (Lipinski definition) is 6. The summed E-state index contributed by atoms with van der Waals surface area (Å²) in [6, 6.07) is 3.91. The van der Waals surface area contributed by atoms with E-state index in [9.17, 15) is 4.79 Å². The third-order valence-electron chi connectivity index (χ3n) is 5.17. The minimum atomic E-state index is 0. The van der Waals surface area contributed by atoms with Gasteiger partial charge in [-0.1, -0.05) is 17.8 Å². The monoisotopic (exact) mass is 368 g/mol. The van der Waals surface area contributed by atoms with Crippen LogP contribution in [0.15, 0.2) is 22.8 Å². The van der Waals surface area contributed by atoms with E-state index in [1.807, 2.05) is 6.07 Å². The van der Waals surface area contributed by atoms with Gasteiger partial charge in [-0.3, -0.25) is 4.79 Å². The number of aromatic nitrogens is 2. The molecule has 0 spiro atoms. The van der Waals surface area contributed by atoms with Crippen molar-refractivity contribution in [2.75, 3.05) is 5.32 Å². The van der Waals surface area contributed by atoms with Crippen molar-refractivity contribution in [2.24, 2.45) is 23.5 Å². The molecule has 2 aliphatic rings. The van der Waals surface area contributed by atoms with Crippen molar-refractivity contribution in [3.05, 3.63) is 18.4 Å². The zero-order valence-electron chi connectivity index (χ0n) is 13.2. The van der Waals surface area contributed by atoms with Gasteiger partial charge in [0.25, 0.3) is 0 Å². The lowest BCUT2D eigenvalue weighted by molar-refractivity contribution is -0.122. The van der Waals surface area contributed by atoms with E-state index in [0.717, 1.165) is 25.7 Å². The van der Waals surface area contributed by atoms with Crippen LogP contribution < -0.4 is 11.1 Å². The number of carbonyl (C=O) groups excluding carboxylic acids is 1. The number of furan rings is 1. The van der Waals surface area contributed by atoms with E-state index >= 15 is 0 Å². The van der Waals surface area contributed by atoms with Crippen LogP contribution in [0.2, 0.25) is 0 Å². The summed E-state index contributed by atoms with van der Waals surface area (Å²) in [4.78, 5) is 12.6. The van der Waals surface area contributed by atoms with Crippen molar-refractivity contribution < 1.29 is 9.21 Å². The predicted molar refractivity (Wildman–Crippen MR) is 95.0 cm³/mol. The highest BCUT2D eigenvalue weighted by Crippen LogP contribution is 2.42. The van der Waals surface area contributed by atoms with Crippen molar-refractivity contribution in [1.29, 1.82) is 0 Å². The summed E-state index contributed by atoms with van der Waals surface area (Å²) in [6.07, 6.45) is 6.95. The van der Waals surface area contributed by atoms with E-state index < -0.39 is 0 Å². The fourth-order valence-electron chi connectivity index (χ4n) is 3.98. The smallest absolute Gasteiger partial charge is 0.229 e. The fraction of sp³-hybridized carbons (Fsp3) is 0.562. The van der Waals surface area contributed by atoms with Gasteiger partial charge in [0, 0.05) is 12.0 Å². The number of halogens is 1. The predicted octanol–water partition coefficient (Wildman–Crippen LogP) is 3.31. The molecule has 2 aromatic rings. The maximum Gasteiger partial charge on any atom is 0.229 e. The van der Waals surface area contributed by atoms with Gasteiger partial charge in [-0.2, -0.15) is 0 Å². The van der Waals surface area contributed by atoms with Gasteiger partial charge in [-0.05, 0) is 49.7 Å². The standard InChI is InChI=1S/C16H20N4O2S.ClH/c17-13-9-3-1-4-10(13)8-11(7-9)14(21)18-16-20-19-15(23-16)12-5-2-6-22-12;/h2,5-6,9-11,13H,1,3-4,7-8,17H2,(H,18,20,21);1H. The number of carbonyl (C=O) groups is 1. The Bertz CT molecular complexity index is 676. The number of rotatable bonds is 3. The van der Waals surface area contributed by atoms with Gasteiger partial charge in [-0.25, -0.2) is 0 Å². The normalized spacial score (nSPS) is 28.9. The van der Waals surface area contributed by atoms with Gasteiger partial charge in [0.1, 0.15) is 0 Å². The summed E-state index contributed by atoms with van der Waals surface area (Å²) in [5, 5.41) is 12.2. The van der Waals surface area contributed by atoms with E-state index in [1.165, 1.54) is 17.8 Å². The molecule has 130 valence electrons. The zero-order chi connectivity index (χ0) is 15.8. The van der Waals surface area contributed by atoms with Crippen LogP contribution >= 0.6 is 23.7 Å². The van der Waals surface area contributed by atoms with Gasteiger partial charge in [-0.15, -0.1) is 22.6 Å². The van der Waals surface area contributed by atoms with Crippen LogP contribution in [0.5, 0.6) is 0 Å². The second kappa shape index (κ2) is 7.21. The average Bonchev–Trinajstić information content (AvgIpc) is 3.17. The van der Waals surface area contributed by atoms with Crippen LogP contribution in [-0.4, -0.2) is 22.1 Å². The molecule has 0 radical (unpaired) electrons. The maximum atomic E-state index is 12.6. The Morgan fingerprint density at radius 1 is 1.29 bits per heavy atom. The van der Waals surface area contributed by atoms with Crippen LogP contribution in [0.25, 0.3) is 10.8 Å². The van der Waals surface area contributed by atoms with Crippen LogP contribution in [0, 0.1) is 17.8 Å². The Kier molecular flexibility index (Phi) is 5.22. The summed E-state index contributed by atoms with van der Waals surface area (Å²) in [6.45, 7) is 0. The molecule has 4 rings (SSSR count). The van der Waals surface area contributed by atoms with Crippen molar-refractivity contribution in [3.8, 4) is 10.8 Å². The molecule has 2 heterocycles. The maximum absolute atomic E-state index is 12.6. The topological polar surface area (TPSA) is 94.0 Å². The van der Waals surface area contributed by atoms with Crippen molar-refractivity contribution >= 4 is 34.8 Å². The molecule has 2 fully saturated rings. The van der Waals surface area contributed by atoms with E-state index in [1.54, 1.807) is 12.3 Å². The lowest BCUT2D eigenvalue weighted by Crippen LogP contribution is -2.48. The molecule has 2 unspecified atom stereocenters. The molecule has 2 atom stereocenters. The third-order valence-corrected chi connectivity index (χ3v) is 6.02. The number of nitrogens with two attached hydrogens (primary N) is 1. The fourth-order valence-corrected chi connectivity index (χ4v) is 4.70. The molecule has 6 nitrogen and oxygen atoms in total. The lowest BCUT2D eigenvalue weighted by atomic mass is 9.65. The molecule has 1 amide bonds. The van der Waals surface area contributed by atoms with Gasteiger partial charge in [0.15, 0.2) is 10.8 Å². The highest BCUT2D eigenvalue weighted by atomic mass is 35.5. The third kappa shape index (κ3) is 3.34. The molecule has 24 heavy (non-hydrogen) atoms. The van der Waals surface area contributed by atoms with Crippen molar-refractivity contribution in [1.82, 2.24) is 10.2 Å². The Hall–Kier alpha value is -1.44. The molecule has 0 saturated heterocycles. The van der Waals surface area contributed by atoms with Crippen LogP contribution in [0.4, 0.5) is 5.13 Å². The summed E-state index contributed by atoms with van der Waals surface area (Å²) < 4.78 is 5.30. The molecule has 3 N–H and O–H groups in total. The van der Waals surface area contributed by atoms with Crippen molar-refractivity contribution in [2.45, 2.75) is 38.1 Å². The number of nitrogens with zero attached hydrogens (tertiary/aromatic N) is 2. The number of anilines is 1. The Morgan fingerprint density at radius 3 is 2.71 bits per heavy atom. The van der Waals surface area contributed by atoms with Gasteiger partial charge in [0.2, 0.25) is 11.0 Å². The molecule has 8 heteroatoms. The number of nitrogens with one attached hydrogen (secondary N) is 1. The molecule has 2 aliphatic carbocycles. The van der Waals surface area contributed by atoms with E-state index in [-0.39, 0.29) is 30.3 Å². The van der Waals surface area contributed by atoms with Gasteiger partial charge >= 0.3 is 0 Å². The molecule has 2 aromatic heterocycles. The quantitative estimate of drug-likeness (QED) is 0.866. The molecule has 0 aliphatic heterocycles. The summed E-state index contributed by atoms with van der Waals surface area (Å²) in [5.74, 6) is 1.75. The van der Waals surface area contributed by atoms with E-state index in [2.05, 4.69) is 15.5 Å². The Labute approximate surface area is 150 Å².